The van der Waals surface area contributed by atoms with Crippen LogP contribution < -0.4 is 10.6 Å². The van der Waals surface area contributed by atoms with Crippen LogP contribution in [0.3, 0.4) is 0 Å². The zero-order valence-corrected chi connectivity index (χ0v) is 13.0. The molecule has 0 aliphatic heterocycles. The van der Waals surface area contributed by atoms with Crippen LogP contribution >= 0.6 is 27.3 Å². The summed E-state index contributed by atoms with van der Waals surface area (Å²) in [7, 11) is 0. The van der Waals surface area contributed by atoms with Crippen molar-refractivity contribution in [3.8, 4) is 0 Å². The van der Waals surface area contributed by atoms with Gasteiger partial charge in [0.05, 0.1) is 10.3 Å². The number of carbonyl (C=O) groups excluding carboxylic acids is 2. The Morgan fingerprint density at radius 3 is 2.50 bits per heavy atom. The third-order valence-electron chi connectivity index (χ3n) is 2.37. The van der Waals surface area contributed by atoms with Gasteiger partial charge in [-0.05, 0) is 34.0 Å². The molecule has 18 heavy (non-hydrogen) atoms. The number of hydrogen-bond donors (Lipinski definition) is 2. The molecule has 1 unspecified atom stereocenters. The lowest BCUT2D eigenvalue weighted by molar-refractivity contribution is -0.129. The Bertz CT molecular complexity index is 431. The highest BCUT2D eigenvalue weighted by Gasteiger charge is 2.22. The predicted octanol–water partition coefficient (Wildman–Crippen LogP) is 2.29. The van der Waals surface area contributed by atoms with Crippen LogP contribution in [-0.4, -0.2) is 17.9 Å². The second-order valence-electron chi connectivity index (χ2n) is 4.35. The minimum atomic E-state index is -0.481. The van der Waals surface area contributed by atoms with Crippen LogP contribution in [0.15, 0.2) is 15.9 Å². The summed E-state index contributed by atoms with van der Waals surface area (Å²) in [6.07, 6.45) is 0. The standard InChI is InChI=1S/C12H17BrN2O2S/c1-7(2)11(15-8(3)16)12(17)14-6-9-4-5-10(13)18-9/h4-5,7,11H,6H2,1-3H3,(H,14,17)(H,15,16). The van der Waals surface area contributed by atoms with Crippen molar-refractivity contribution in [1.82, 2.24) is 10.6 Å². The fraction of sp³-hybridized carbons (Fsp3) is 0.500. The second-order valence-corrected chi connectivity index (χ2v) is 6.89. The van der Waals surface area contributed by atoms with E-state index >= 15 is 0 Å². The average molecular weight is 333 g/mol. The van der Waals surface area contributed by atoms with Crippen LogP contribution in [0.5, 0.6) is 0 Å². The molecule has 1 heterocycles. The first kappa shape index (κ1) is 15.2. The van der Waals surface area contributed by atoms with Crippen LogP contribution in [-0.2, 0) is 16.1 Å². The zero-order valence-electron chi connectivity index (χ0n) is 10.6. The molecule has 0 saturated carbocycles. The largest absolute Gasteiger partial charge is 0.349 e. The van der Waals surface area contributed by atoms with E-state index in [-0.39, 0.29) is 17.7 Å². The van der Waals surface area contributed by atoms with E-state index in [0.29, 0.717) is 6.54 Å². The van der Waals surface area contributed by atoms with Gasteiger partial charge < -0.3 is 10.6 Å². The van der Waals surface area contributed by atoms with Gasteiger partial charge in [0.15, 0.2) is 0 Å². The van der Waals surface area contributed by atoms with E-state index in [1.54, 1.807) is 11.3 Å². The second kappa shape index (κ2) is 6.89. The number of halogens is 1. The summed E-state index contributed by atoms with van der Waals surface area (Å²) in [6, 6.07) is 3.42. The molecule has 100 valence electrons. The molecule has 0 spiro atoms. The van der Waals surface area contributed by atoms with Crippen LogP contribution in [0.2, 0.25) is 0 Å². The first-order valence-electron chi connectivity index (χ1n) is 5.69. The first-order chi connectivity index (χ1) is 8.40. The Morgan fingerprint density at radius 2 is 2.06 bits per heavy atom. The van der Waals surface area contributed by atoms with E-state index in [9.17, 15) is 9.59 Å². The molecule has 1 aromatic heterocycles. The molecule has 6 heteroatoms. The van der Waals surface area contributed by atoms with Gasteiger partial charge in [-0.2, -0.15) is 0 Å². The van der Waals surface area contributed by atoms with Gasteiger partial charge in [-0.25, -0.2) is 0 Å². The van der Waals surface area contributed by atoms with E-state index in [2.05, 4.69) is 26.6 Å². The van der Waals surface area contributed by atoms with Crippen molar-refractivity contribution < 1.29 is 9.59 Å². The molecule has 1 rings (SSSR count). The predicted molar refractivity (Wildman–Crippen MR) is 76.3 cm³/mol. The van der Waals surface area contributed by atoms with Gasteiger partial charge in [0.2, 0.25) is 11.8 Å². The van der Waals surface area contributed by atoms with Gasteiger partial charge in [-0.15, -0.1) is 11.3 Å². The van der Waals surface area contributed by atoms with Crippen LogP contribution in [0.1, 0.15) is 25.6 Å². The molecular weight excluding hydrogens is 316 g/mol. The highest BCUT2D eigenvalue weighted by atomic mass is 79.9. The van der Waals surface area contributed by atoms with Crippen molar-refractivity contribution in [2.45, 2.75) is 33.4 Å². The Labute approximate surface area is 119 Å². The molecule has 0 bridgehead atoms. The molecule has 0 aliphatic rings. The zero-order chi connectivity index (χ0) is 13.7. The molecule has 2 amide bonds. The van der Waals surface area contributed by atoms with E-state index in [1.165, 1.54) is 6.92 Å². The maximum Gasteiger partial charge on any atom is 0.243 e. The Hall–Kier alpha value is -0.880. The van der Waals surface area contributed by atoms with Crippen molar-refractivity contribution in [2.24, 2.45) is 5.92 Å². The summed E-state index contributed by atoms with van der Waals surface area (Å²) >= 11 is 4.95. The summed E-state index contributed by atoms with van der Waals surface area (Å²) in [6.45, 7) is 5.71. The third-order valence-corrected chi connectivity index (χ3v) is 4.00. The SMILES string of the molecule is CC(=O)NC(C(=O)NCc1ccc(Br)s1)C(C)C. The fourth-order valence-corrected chi connectivity index (χ4v) is 2.91. The Kier molecular flexibility index (Phi) is 5.81. The van der Waals surface area contributed by atoms with Gasteiger partial charge in [0, 0.05) is 11.8 Å². The normalized spacial score (nSPS) is 12.3. The van der Waals surface area contributed by atoms with Gasteiger partial charge in [-0.1, -0.05) is 13.8 Å². The molecule has 1 aromatic rings. The number of thiophene rings is 1. The number of rotatable bonds is 5. The van der Waals surface area contributed by atoms with E-state index in [0.717, 1.165) is 8.66 Å². The van der Waals surface area contributed by atoms with Crippen LogP contribution in [0, 0.1) is 5.92 Å². The number of amides is 2. The number of nitrogens with one attached hydrogen (secondary N) is 2. The highest BCUT2D eigenvalue weighted by molar-refractivity contribution is 9.11. The van der Waals surface area contributed by atoms with Gasteiger partial charge >= 0.3 is 0 Å². The minimum absolute atomic E-state index is 0.0592. The van der Waals surface area contributed by atoms with Crippen molar-refractivity contribution >= 4 is 39.1 Å². The van der Waals surface area contributed by atoms with Crippen molar-refractivity contribution in [2.75, 3.05) is 0 Å². The monoisotopic (exact) mass is 332 g/mol. The van der Waals surface area contributed by atoms with E-state index in [1.807, 2.05) is 26.0 Å². The highest BCUT2D eigenvalue weighted by Crippen LogP contribution is 2.21. The van der Waals surface area contributed by atoms with Gasteiger partial charge in [0.1, 0.15) is 6.04 Å². The van der Waals surface area contributed by atoms with E-state index < -0.39 is 6.04 Å². The lowest BCUT2D eigenvalue weighted by Crippen LogP contribution is -2.48. The van der Waals surface area contributed by atoms with E-state index in [4.69, 9.17) is 0 Å². The molecule has 0 radical (unpaired) electrons. The summed E-state index contributed by atoms with van der Waals surface area (Å²) in [5.41, 5.74) is 0. The lowest BCUT2D eigenvalue weighted by Gasteiger charge is -2.20. The van der Waals surface area contributed by atoms with Gasteiger partial charge in [-0.3, -0.25) is 9.59 Å². The maximum atomic E-state index is 12.0. The molecule has 2 N–H and O–H groups in total. The third kappa shape index (κ3) is 4.78. The Balaban J connectivity index is 2.53. The lowest BCUT2D eigenvalue weighted by atomic mass is 10.0. The average Bonchev–Trinajstić information content (AvgIpc) is 2.68. The first-order valence-corrected chi connectivity index (χ1v) is 7.30. The molecule has 0 fully saturated rings. The topological polar surface area (TPSA) is 58.2 Å². The number of hydrogen-bond acceptors (Lipinski definition) is 3. The fourth-order valence-electron chi connectivity index (χ4n) is 1.48. The minimum Gasteiger partial charge on any atom is -0.349 e. The molecule has 0 aliphatic carbocycles. The maximum absolute atomic E-state index is 12.0. The summed E-state index contributed by atoms with van der Waals surface area (Å²) in [5.74, 6) is -0.281. The quantitative estimate of drug-likeness (QED) is 0.869. The molecular formula is C12H17BrN2O2S. The van der Waals surface area contributed by atoms with Crippen molar-refractivity contribution in [3.05, 3.63) is 20.8 Å². The van der Waals surface area contributed by atoms with Gasteiger partial charge in [0.25, 0.3) is 0 Å². The summed E-state index contributed by atoms with van der Waals surface area (Å²) in [5, 5.41) is 5.50. The summed E-state index contributed by atoms with van der Waals surface area (Å²) < 4.78 is 1.04. The summed E-state index contributed by atoms with van der Waals surface area (Å²) in [4.78, 5) is 24.1. The van der Waals surface area contributed by atoms with Crippen molar-refractivity contribution in [3.63, 3.8) is 0 Å². The molecule has 4 nitrogen and oxygen atoms in total. The molecule has 1 atom stereocenters. The van der Waals surface area contributed by atoms with Crippen LogP contribution in [0.25, 0.3) is 0 Å². The molecule has 0 aromatic carbocycles. The smallest absolute Gasteiger partial charge is 0.243 e. The molecule has 0 saturated heterocycles. The van der Waals surface area contributed by atoms with Crippen LogP contribution in [0.4, 0.5) is 0 Å². The Morgan fingerprint density at radius 1 is 1.39 bits per heavy atom. The number of carbonyl (C=O) groups is 2. The van der Waals surface area contributed by atoms with Crippen molar-refractivity contribution in [1.29, 1.82) is 0 Å².